The summed E-state index contributed by atoms with van der Waals surface area (Å²) in [6.45, 7) is 0. The molecule has 1 N–H and O–H groups in total. The van der Waals surface area contributed by atoms with Gasteiger partial charge in [-0.15, -0.1) is 0 Å². The first kappa shape index (κ1) is 21.8. The van der Waals surface area contributed by atoms with E-state index in [-0.39, 0.29) is 17.5 Å². The molecule has 1 fully saturated rings. The molecule has 1 aliphatic rings. The van der Waals surface area contributed by atoms with E-state index in [9.17, 15) is 19.1 Å². The number of amides is 1. The Morgan fingerprint density at radius 2 is 1.94 bits per heavy atom. The van der Waals surface area contributed by atoms with Gasteiger partial charge in [0.15, 0.2) is 0 Å². The number of nitrogens with zero attached hydrogens (tertiary/aromatic N) is 2. The predicted octanol–water partition coefficient (Wildman–Crippen LogP) is 4.98. The summed E-state index contributed by atoms with van der Waals surface area (Å²) in [6.07, 6.45) is 2.21. The molecule has 0 unspecified atom stereocenters. The van der Waals surface area contributed by atoms with Crippen LogP contribution in [0.4, 0.5) is 4.39 Å². The van der Waals surface area contributed by atoms with E-state index in [1.165, 1.54) is 30.3 Å². The van der Waals surface area contributed by atoms with E-state index < -0.39 is 29.8 Å². The number of carbonyl (C=O) groups is 2. The molecule has 3 aromatic rings. The summed E-state index contributed by atoms with van der Waals surface area (Å²) in [5.41, 5.74) is 1.54. The molecule has 8 heteroatoms. The third-order valence-electron chi connectivity index (χ3n) is 5.64. The summed E-state index contributed by atoms with van der Waals surface area (Å²) in [6, 6.07) is 12.9. The maximum atomic E-state index is 14.9. The maximum Gasteiger partial charge on any atom is 0.326 e. The van der Waals surface area contributed by atoms with Crippen LogP contribution in [0.5, 0.6) is 5.88 Å². The van der Waals surface area contributed by atoms with Gasteiger partial charge in [0.2, 0.25) is 5.88 Å². The molecule has 1 saturated heterocycles. The van der Waals surface area contributed by atoms with Crippen molar-refractivity contribution < 1.29 is 23.8 Å². The smallest absolute Gasteiger partial charge is 0.326 e. The molecule has 2 aromatic carbocycles. The summed E-state index contributed by atoms with van der Waals surface area (Å²) >= 11 is 6.32. The topological polar surface area (TPSA) is 79.7 Å². The summed E-state index contributed by atoms with van der Waals surface area (Å²) in [5.74, 6) is -1.86. The number of aromatic nitrogens is 1. The van der Waals surface area contributed by atoms with E-state index in [0.29, 0.717) is 28.5 Å². The lowest BCUT2D eigenvalue weighted by molar-refractivity contribution is -0.141. The van der Waals surface area contributed by atoms with E-state index in [0.717, 1.165) is 6.07 Å². The number of halogens is 2. The van der Waals surface area contributed by atoms with Gasteiger partial charge in [0, 0.05) is 34.0 Å². The van der Waals surface area contributed by atoms with Crippen molar-refractivity contribution in [2.45, 2.75) is 24.9 Å². The molecule has 4 rings (SSSR count). The quantitative estimate of drug-likeness (QED) is 0.588. The van der Waals surface area contributed by atoms with Gasteiger partial charge in [-0.05, 0) is 42.7 Å². The Balaban J connectivity index is 1.68. The van der Waals surface area contributed by atoms with Crippen molar-refractivity contribution in [3.63, 3.8) is 0 Å². The van der Waals surface area contributed by atoms with Crippen molar-refractivity contribution in [3.05, 3.63) is 82.8 Å². The number of hydrogen-bond acceptors (Lipinski definition) is 4. The highest BCUT2D eigenvalue weighted by Crippen LogP contribution is 2.40. The molecule has 0 spiro atoms. The first-order valence-electron chi connectivity index (χ1n) is 10.0. The molecule has 1 aromatic heterocycles. The van der Waals surface area contributed by atoms with Gasteiger partial charge < -0.3 is 14.7 Å². The second-order valence-corrected chi connectivity index (χ2v) is 7.87. The lowest BCUT2D eigenvalue weighted by Gasteiger charge is -2.29. The van der Waals surface area contributed by atoms with Crippen LogP contribution in [0.25, 0.3) is 11.1 Å². The summed E-state index contributed by atoms with van der Waals surface area (Å²) in [7, 11) is 1.49. The number of aliphatic carboxylic acids is 1. The van der Waals surface area contributed by atoms with E-state index in [4.69, 9.17) is 16.3 Å². The molecular weight excluding hydrogens is 435 g/mol. The number of ether oxygens (including phenoxy) is 1. The predicted molar refractivity (Wildman–Crippen MR) is 117 cm³/mol. The van der Waals surface area contributed by atoms with Gasteiger partial charge in [0.1, 0.15) is 11.9 Å². The average Bonchev–Trinajstić information content (AvgIpc) is 3.24. The Labute approximate surface area is 189 Å². The Morgan fingerprint density at radius 1 is 1.16 bits per heavy atom. The van der Waals surface area contributed by atoms with Crippen LogP contribution in [0, 0.1) is 5.82 Å². The van der Waals surface area contributed by atoms with Crippen LogP contribution >= 0.6 is 11.6 Å². The van der Waals surface area contributed by atoms with Gasteiger partial charge >= 0.3 is 5.97 Å². The minimum atomic E-state index is -1.10. The molecule has 0 saturated carbocycles. The average molecular weight is 455 g/mol. The first-order chi connectivity index (χ1) is 15.4. The van der Waals surface area contributed by atoms with Crippen molar-refractivity contribution >= 4 is 23.5 Å². The fraction of sp³-hybridized carbons (Fsp3) is 0.208. The van der Waals surface area contributed by atoms with Gasteiger partial charge in [-0.1, -0.05) is 35.9 Å². The highest BCUT2D eigenvalue weighted by molar-refractivity contribution is 6.31. The standard InChI is InChI=1S/C24H20ClFN2O4/c1-32-22-11-7-15(13-27-22)16-8-6-14(12-19(16)26)23(29)28-20(9-10-21(28)24(30)31)17-4-2-3-5-18(17)25/h2-8,11-13,20-21H,9-10H2,1H3,(H,30,31)/t20-,21+/m1/s1. The molecular formula is C24H20ClFN2O4. The van der Waals surface area contributed by atoms with Gasteiger partial charge in [0.05, 0.1) is 13.2 Å². The Hall–Kier alpha value is -3.45. The minimum Gasteiger partial charge on any atom is -0.481 e. The fourth-order valence-corrected chi connectivity index (χ4v) is 4.34. The molecule has 2 atom stereocenters. The highest BCUT2D eigenvalue weighted by Gasteiger charge is 2.42. The third-order valence-corrected chi connectivity index (χ3v) is 5.99. The normalized spacial score (nSPS) is 17.9. The zero-order valence-electron chi connectivity index (χ0n) is 17.2. The van der Waals surface area contributed by atoms with Crippen LogP contribution in [0.1, 0.15) is 34.8 Å². The number of carbonyl (C=O) groups excluding carboxylic acids is 1. The number of likely N-dealkylation sites (tertiary alicyclic amines) is 1. The van der Waals surface area contributed by atoms with Gasteiger partial charge in [-0.3, -0.25) is 4.79 Å². The van der Waals surface area contributed by atoms with Crippen LogP contribution in [-0.4, -0.2) is 40.0 Å². The van der Waals surface area contributed by atoms with Crippen molar-refractivity contribution in [2.75, 3.05) is 7.11 Å². The fourth-order valence-electron chi connectivity index (χ4n) is 4.08. The molecule has 0 bridgehead atoms. The number of carboxylic acid groups (broad SMARTS) is 1. The number of benzene rings is 2. The number of carboxylic acids is 1. The summed E-state index contributed by atoms with van der Waals surface area (Å²) in [5, 5.41) is 10.1. The number of pyridine rings is 1. The van der Waals surface area contributed by atoms with Crippen molar-refractivity contribution in [2.24, 2.45) is 0 Å². The van der Waals surface area contributed by atoms with E-state index in [2.05, 4.69) is 4.98 Å². The molecule has 1 amide bonds. The number of methoxy groups -OCH3 is 1. The lowest BCUT2D eigenvalue weighted by Crippen LogP contribution is -2.42. The van der Waals surface area contributed by atoms with E-state index in [1.807, 2.05) is 0 Å². The second kappa shape index (κ2) is 8.96. The number of hydrogen-bond donors (Lipinski definition) is 1. The molecule has 0 radical (unpaired) electrons. The van der Waals surface area contributed by atoms with Crippen LogP contribution in [0.15, 0.2) is 60.8 Å². The molecule has 164 valence electrons. The summed E-state index contributed by atoms with van der Waals surface area (Å²) in [4.78, 5) is 30.6. The monoisotopic (exact) mass is 454 g/mol. The minimum absolute atomic E-state index is 0.0675. The van der Waals surface area contributed by atoms with Gasteiger partial charge in [-0.2, -0.15) is 0 Å². The van der Waals surface area contributed by atoms with Gasteiger partial charge in [0.25, 0.3) is 5.91 Å². The Kier molecular flexibility index (Phi) is 6.10. The van der Waals surface area contributed by atoms with Crippen molar-refractivity contribution in [1.82, 2.24) is 9.88 Å². The maximum absolute atomic E-state index is 14.9. The lowest BCUT2D eigenvalue weighted by atomic mass is 10.0. The molecule has 32 heavy (non-hydrogen) atoms. The molecule has 2 heterocycles. The molecule has 0 aliphatic carbocycles. The first-order valence-corrected chi connectivity index (χ1v) is 10.4. The van der Waals surface area contributed by atoms with E-state index >= 15 is 0 Å². The number of rotatable bonds is 5. The molecule has 6 nitrogen and oxygen atoms in total. The van der Waals surface area contributed by atoms with Crippen LogP contribution in [0.2, 0.25) is 5.02 Å². The zero-order valence-corrected chi connectivity index (χ0v) is 17.9. The van der Waals surface area contributed by atoms with Crippen molar-refractivity contribution in [1.29, 1.82) is 0 Å². The zero-order chi connectivity index (χ0) is 22.8. The summed E-state index contributed by atoms with van der Waals surface area (Å²) < 4.78 is 20.0. The van der Waals surface area contributed by atoms with Gasteiger partial charge in [-0.25, -0.2) is 14.2 Å². The van der Waals surface area contributed by atoms with Crippen LogP contribution in [-0.2, 0) is 4.79 Å². The largest absolute Gasteiger partial charge is 0.481 e. The highest BCUT2D eigenvalue weighted by atomic mass is 35.5. The SMILES string of the molecule is COc1ccc(-c2ccc(C(=O)N3[C@@H](c4ccccc4Cl)CC[C@H]3C(=O)O)cc2F)cn1. The molecule has 1 aliphatic heterocycles. The third kappa shape index (κ3) is 4.03. The van der Waals surface area contributed by atoms with Crippen molar-refractivity contribution in [3.8, 4) is 17.0 Å². The van der Waals surface area contributed by atoms with E-state index in [1.54, 1.807) is 36.4 Å². The second-order valence-electron chi connectivity index (χ2n) is 7.46. The van der Waals surface area contributed by atoms with Crippen LogP contribution in [0.3, 0.4) is 0 Å². The Bertz CT molecular complexity index is 1170. The Morgan fingerprint density at radius 3 is 2.56 bits per heavy atom. The van der Waals surface area contributed by atoms with Crippen LogP contribution < -0.4 is 4.74 Å².